The van der Waals surface area contributed by atoms with Crippen LogP contribution >= 0.6 is 0 Å². The van der Waals surface area contributed by atoms with Crippen molar-refractivity contribution >= 4 is 0 Å². The molecule has 116 valence electrons. The minimum atomic E-state index is 0.132. The van der Waals surface area contributed by atoms with Gasteiger partial charge in [-0.05, 0) is 31.9 Å². The minimum Gasteiger partial charge on any atom is -0.496 e. The van der Waals surface area contributed by atoms with E-state index in [4.69, 9.17) is 15.2 Å². The first-order valence-corrected chi connectivity index (χ1v) is 8.05. The molecule has 0 saturated heterocycles. The number of hydrogen-bond donors (Lipinski definition) is 2. The van der Waals surface area contributed by atoms with Gasteiger partial charge in [-0.1, -0.05) is 12.8 Å². The molecular formula is C17H26N2O2. The summed E-state index contributed by atoms with van der Waals surface area (Å²) in [6.07, 6.45) is 6.33. The molecule has 1 aliphatic heterocycles. The molecule has 1 aliphatic carbocycles. The number of benzene rings is 1. The third kappa shape index (κ3) is 3.01. The third-order valence-electron chi connectivity index (χ3n) is 4.65. The maximum atomic E-state index is 6.02. The SMILES string of the molecule is COc1cc2c(cc1C(CN)NC1CCCC1)OC(C)C2. The van der Waals surface area contributed by atoms with Gasteiger partial charge in [0.05, 0.1) is 7.11 Å². The molecule has 3 rings (SSSR count). The number of ether oxygens (including phenoxy) is 2. The number of nitrogens with one attached hydrogen (secondary N) is 1. The highest BCUT2D eigenvalue weighted by molar-refractivity contribution is 5.50. The van der Waals surface area contributed by atoms with Gasteiger partial charge in [0.25, 0.3) is 0 Å². The number of nitrogens with two attached hydrogens (primary N) is 1. The predicted octanol–water partition coefficient (Wildman–Crippen LogP) is 2.55. The first-order chi connectivity index (χ1) is 10.2. The van der Waals surface area contributed by atoms with Gasteiger partial charge in [0.2, 0.25) is 0 Å². The van der Waals surface area contributed by atoms with E-state index in [1.165, 1.54) is 31.2 Å². The third-order valence-corrected chi connectivity index (χ3v) is 4.65. The second kappa shape index (κ2) is 6.24. The fourth-order valence-electron chi connectivity index (χ4n) is 3.57. The summed E-state index contributed by atoms with van der Waals surface area (Å²) in [5.41, 5.74) is 8.38. The van der Waals surface area contributed by atoms with Gasteiger partial charge >= 0.3 is 0 Å². The minimum absolute atomic E-state index is 0.132. The van der Waals surface area contributed by atoms with Crippen LogP contribution in [0.25, 0.3) is 0 Å². The molecular weight excluding hydrogens is 264 g/mol. The smallest absolute Gasteiger partial charge is 0.124 e. The monoisotopic (exact) mass is 290 g/mol. The van der Waals surface area contributed by atoms with Gasteiger partial charge in [-0.25, -0.2) is 0 Å². The zero-order chi connectivity index (χ0) is 14.8. The Hall–Kier alpha value is -1.26. The molecule has 1 fully saturated rings. The summed E-state index contributed by atoms with van der Waals surface area (Å²) in [6.45, 7) is 2.67. The molecule has 4 nitrogen and oxygen atoms in total. The molecule has 2 unspecified atom stereocenters. The van der Waals surface area contributed by atoms with Crippen LogP contribution in [0, 0.1) is 0 Å². The molecule has 2 aliphatic rings. The number of methoxy groups -OCH3 is 1. The summed E-state index contributed by atoms with van der Waals surface area (Å²) in [7, 11) is 1.73. The lowest BCUT2D eigenvalue weighted by atomic mass is 10.00. The molecule has 0 amide bonds. The van der Waals surface area contributed by atoms with E-state index in [0.29, 0.717) is 12.6 Å². The van der Waals surface area contributed by atoms with E-state index in [-0.39, 0.29) is 12.1 Å². The van der Waals surface area contributed by atoms with Crippen molar-refractivity contribution in [3.63, 3.8) is 0 Å². The van der Waals surface area contributed by atoms with Crippen LogP contribution in [0.2, 0.25) is 0 Å². The molecule has 1 aromatic rings. The van der Waals surface area contributed by atoms with E-state index in [0.717, 1.165) is 23.5 Å². The molecule has 0 radical (unpaired) electrons. The van der Waals surface area contributed by atoms with Gasteiger partial charge in [-0.3, -0.25) is 0 Å². The van der Waals surface area contributed by atoms with Crippen LogP contribution in [0.4, 0.5) is 0 Å². The fraction of sp³-hybridized carbons (Fsp3) is 0.647. The van der Waals surface area contributed by atoms with Crippen LogP contribution in [0.5, 0.6) is 11.5 Å². The first-order valence-electron chi connectivity index (χ1n) is 8.05. The predicted molar refractivity (Wildman–Crippen MR) is 84.0 cm³/mol. The standard InChI is InChI=1S/C17H26N2O2/c1-11-7-12-8-17(20-2)14(9-16(12)21-11)15(10-18)19-13-5-3-4-6-13/h8-9,11,13,15,19H,3-7,10,18H2,1-2H3. The molecule has 1 saturated carbocycles. The first kappa shape index (κ1) is 14.7. The van der Waals surface area contributed by atoms with Crippen LogP contribution in [0.15, 0.2) is 12.1 Å². The van der Waals surface area contributed by atoms with Gasteiger partial charge < -0.3 is 20.5 Å². The molecule has 4 heteroatoms. The topological polar surface area (TPSA) is 56.5 Å². The summed E-state index contributed by atoms with van der Waals surface area (Å²) in [6, 6.07) is 4.95. The Bertz CT molecular complexity index is 498. The molecule has 2 atom stereocenters. The second-order valence-electron chi connectivity index (χ2n) is 6.27. The van der Waals surface area contributed by atoms with Crippen molar-refractivity contribution in [2.75, 3.05) is 13.7 Å². The van der Waals surface area contributed by atoms with Crippen molar-refractivity contribution in [2.24, 2.45) is 5.73 Å². The van der Waals surface area contributed by atoms with Crippen LogP contribution < -0.4 is 20.5 Å². The van der Waals surface area contributed by atoms with E-state index in [1.807, 2.05) is 0 Å². The normalized spacial score (nSPS) is 22.9. The van der Waals surface area contributed by atoms with Crippen molar-refractivity contribution < 1.29 is 9.47 Å². The maximum absolute atomic E-state index is 6.02. The Kier molecular flexibility index (Phi) is 4.36. The lowest BCUT2D eigenvalue weighted by Gasteiger charge is -2.24. The van der Waals surface area contributed by atoms with Crippen LogP contribution in [0.1, 0.15) is 49.8 Å². The molecule has 21 heavy (non-hydrogen) atoms. The molecule has 0 aromatic heterocycles. The number of rotatable bonds is 5. The van der Waals surface area contributed by atoms with E-state index >= 15 is 0 Å². The summed E-state index contributed by atoms with van der Waals surface area (Å²) in [5.74, 6) is 1.91. The van der Waals surface area contributed by atoms with E-state index in [9.17, 15) is 0 Å². The number of hydrogen-bond acceptors (Lipinski definition) is 4. The lowest BCUT2D eigenvalue weighted by Crippen LogP contribution is -2.35. The molecule has 3 N–H and O–H groups in total. The van der Waals surface area contributed by atoms with Gasteiger partial charge in [0, 0.05) is 36.2 Å². The summed E-state index contributed by atoms with van der Waals surface area (Å²) in [5, 5.41) is 3.70. The zero-order valence-corrected chi connectivity index (χ0v) is 13.0. The van der Waals surface area contributed by atoms with Gasteiger partial charge in [-0.15, -0.1) is 0 Å². The Labute approximate surface area is 127 Å². The molecule has 0 bridgehead atoms. The molecule has 1 heterocycles. The van der Waals surface area contributed by atoms with Gasteiger partial charge in [0.1, 0.15) is 17.6 Å². The van der Waals surface area contributed by atoms with E-state index < -0.39 is 0 Å². The van der Waals surface area contributed by atoms with E-state index in [2.05, 4.69) is 24.4 Å². The Balaban J connectivity index is 1.86. The Morgan fingerprint density at radius 2 is 2.14 bits per heavy atom. The number of fused-ring (bicyclic) bond motifs is 1. The Morgan fingerprint density at radius 3 is 2.81 bits per heavy atom. The van der Waals surface area contributed by atoms with Gasteiger partial charge in [-0.2, -0.15) is 0 Å². The zero-order valence-electron chi connectivity index (χ0n) is 13.0. The highest BCUT2D eigenvalue weighted by atomic mass is 16.5. The van der Waals surface area contributed by atoms with Crippen LogP contribution in [0.3, 0.4) is 0 Å². The average Bonchev–Trinajstić information content (AvgIpc) is 3.11. The summed E-state index contributed by atoms with van der Waals surface area (Å²) >= 11 is 0. The summed E-state index contributed by atoms with van der Waals surface area (Å²) in [4.78, 5) is 0. The lowest BCUT2D eigenvalue weighted by molar-refractivity contribution is 0.254. The highest BCUT2D eigenvalue weighted by Crippen LogP contribution is 2.37. The molecule has 0 spiro atoms. The Morgan fingerprint density at radius 1 is 1.38 bits per heavy atom. The fourth-order valence-corrected chi connectivity index (χ4v) is 3.57. The summed E-state index contributed by atoms with van der Waals surface area (Å²) < 4.78 is 11.5. The van der Waals surface area contributed by atoms with Crippen molar-refractivity contribution in [3.8, 4) is 11.5 Å². The molecule has 1 aromatic carbocycles. The maximum Gasteiger partial charge on any atom is 0.124 e. The van der Waals surface area contributed by atoms with Crippen molar-refractivity contribution in [1.29, 1.82) is 0 Å². The van der Waals surface area contributed by atoms with Crippen molar-refractivity contribution in [2.45, 2.75) is 57.2 Å². The second-order valence-corrected chi connectivity index (χ2v) is 6.27. The quantitative estimate of drug-likeness (QED) is 0.875. The van der Waals surface area contributed by atoms with Gasteiger partial charge in [0.15, 0.2) is 0 Å². The largest absolute Gasteiger partial charge is 0.496 e. The average molecular weight is 290 g/mol. The van der Waals surface area contributed by atoms with Crippen LogP contribution in [-0.4, -0.2) is 25.8 Å². The highest BCUT2D eigenvalue weighted by Gasteiger charge is 2.26. The van der Waals surface area contributed by atoms with E-state index in [1.54, 1.807) is 7.11 Å². The van der Waals surface area contributed by atoms with Crippen LogP contribution in [-0.2, 0) is 6.42 Å². The van der Waals surface area contributed by atoms with Crippen molar-refractivity contribution in [3.05, 3.63) is 23.3 Å². The van der Waals surface area contributed by atoms with Crippen molar-refractivity contribution in [1.82, 2.24) is 5.32 Å².